The predicted molar refractivity (Wildman–Crippen MR) is 65.9 cm³/mol. The van der Waals surface area contributed by atoms with Crippen molar-refractivity contribution in [2.45, 2.75) is 19.9 Å². The van der Waals surface area contributed by atoms with Crippen LogP contribution in [-0.2, 0) is 0 Å². The summed E-state index contributed by atoms with van der Waals surface area (Å²) in [6, 6.07) is 4.47. The molecule has 0 aromatic heterocycles. The Morgan fingerprint density at radius 1 is 1.47 bits per heavy atom. The first-order chi connectivity index (χ1) is 6.99. The van der Waals surface area contributed by atoms with E-state index in [4.69, 9.17) is 23.8 Å². The molecule has 0 atom stereocenters. The van der Waals surface area contributed by atoms with E-state index in [1.165, 1.54) is 18.2 Å². The maximum atomic E-state index is 13.3. The monoisotopic (exact) mass is 246 g/mol. The minimum Gasteiger partial charge on any atom is -0.360 e. The number of rotatable bonds is 2. The zero-order valence-corrected chi connectivity index (χ0v) is 10.0. The van der Waals surface area contributed by atoms with Crippen molar-refractivity contribution in [2.24, 2.45) is 0 Å². The molecule has 1 aromatic carbocycles. The van der Waals surface area contributed by atoms with Crippen molar-refractivity contribution in [2.75, 3.05) is 5.32 Å². The second-order valence-electron chi connectivity index (χ2n) is 3.38. The molecular weight excluding hydrogens is 235 g/mol. The maximum absolute atomic E-state index is 13.3. The third-order valence-corrected chi connectivity index (χ3v) is 2.05. The summed E-state index contributed by atoms with van der Waals surface area (Å²) in [6.45, 7) is 3.89. The lowest BCUT2D eigenvalue weighted by atomic mass is 10.3. The normalized spacial score (nSPS) is 10.2. The average Bonchev–Trinajstić information content (AvgIpc) is 2.10. The summed E-state index contributed by atoms with van der Waals surface area (Å²) >= 11 is 10.7. The van der Waals surface area contributed by atoms with Gasteiger partial charge in [-0.25, -0.2) is 4.39 Å². The fourth-order valence-corrected chi connectivity index (χ4v) is 1.53. The van der Waals surface area contributed by atoms with Gasteiger partial charge in [0.25, 0.3) is 0 Å². The Bertz CT molecular complexity index is 368. The van der Waals surface area contributed by atoms with Gasteiger partial charge in [0.05, 0.1) is 5.69 Å². The smallest absolute Gasteiger partial charge is 0.171 e. The summed E-state index contributed by atoms with van der Waals surface area (Å²) in [4.78, 5) is 0. The Balaban J connectivity index is 2.71. The Hall–Kier alpha value is -0.870. The van der Waals surface area contributed by atoms with Crippen LogP contribution in [0.15, 0.2) is 18.2 Å². The highest BCUT2D eigenvalue weighted by Gasteiger charge is 2.05. The molecule has 5 heteroatoms. The number of anilines is 1. The maximum Gasteiger partial charge on any atom is 0.171 e. The van der Waals surface area contributed by atoms with Crippen LogP contribution in [-0.4, -0.2) is 11.2 Å². The van der Waals surface area contributed by atoms with Crippen LogP contribution in [0.1, 0.15) is 13.8 Å². The Morgan fingerprint density at radius 2 is 2.13 bits per heavy atom. The molecule has 0 fully saturated rings. The highest BCUT2D eigenvalue weighted by Crippen LogP contribution is 2.19. The summed E-state index contributed by atoms with van der Waals surface area (Å²) in [5.41, 5.74) is 0.278. The first kappa shape index (κ1) is 12.2. The van der Waals surface area contributed by atoms with Crippen molar-refractivity contribution < 1.29 is 4.39 Å². The molecule has 0 aliphatic rings. The molecule has 1 aromatic rings. The second kappa shape index (κ2) is 5.28. The Kier molecular flexibility index (Phi) is 4.29. The highest BCUT2D eigenvalue weighted by molar-refractivity contribution is 7.80. The van der Waals surface area contributed by atoms with Crippen LogP contribution in [0.5, 0.6) is 0 Å². The molecule has 1 rings (SSSR count). The van der Waals surface area contributed by atoms with Crippen LogP contribution in [0.4, 0.5) is 10.1 Å². The summed E-state index contributed by atoms with van der Waals surface area (Å²) < 4.78 is 13.3. The van der Waals surface area contributed by atoms with Gasteiger partial charge in [0.2, 0.25) is 0 Å². The number of hydrogen-bond acceptors (Lipinski definition) is 1. The van der Waals surface area contributed by atoms with Gasteiger partial charge >= 0.3 is 0 Å². The minimum absolute atomic E-state index is 0.201. The van der Waals surface area contributed by atoms with E-state index in [2.05, 4.69) is 10.6 Å². The van der Waals surface area contributed by atoms with Crippen molar-refractivity contribution in [3.8, 4) is 0 Å². The lowest BCUT2D eigenvalue weighted by Gasteiger charge is -2.13. The van der Waals surface area contributed by atoms with E-state index >= 15 is 0 Å². The molecular formula is C10H12ClFN2S. The summed E-state index contributed by atoms with van der Waals surface area (Å²) in [5.74, 6) is -0.382. The largest absolute Gasteiger partial charge is 0.360 e. The van der Waals surface area contributed by atoms with E-state index in [1.54, 1.807) is 0 Å². The van der Waals surface area contributed by atoms with Gasteiger partial charge in [-0.1, -0.05) is 11.6 Å². The molecule has 15 heavy (non-hydrogen) atoms. The molecule has 0 radical (unpaired) electrons. The number of thiocarbonyl (C=S) groups is 1. The predicted octanol–water partition coefficient (Wildman–Crippen LogP) is 3.17. The van der Waals surface area contributed by atoms with E-state index < -0.39 is 0 Å². The molecule has 0 bridgehead atoms. The fraction of sp³-hybridized carbons (Fsp3) is 0.300. The van der Waals surface area contributed by atoms with E-state index in [0.717, 1.165) is 0 Å². The first-order valence-electron chi connectivity index (χ1n) is 4.51. The highest BCUT2D eigenvalue weighted by atomic mass is 35.5. The molecule has 2 nitrogen and oxygen atoms in total. The molecule has 0 spiro atoms. The summed E-state index contributed by atoms with van der Waals surface area (Å²) in [6.07, 6.45) is 0. The van der Waals surface area contributed by atoms with E-state index in [-0.39, 0.29) is 17.5 Å². The number of nitrogens with one attached hydrogen (secondary N) is 2. The van der Waals surface area contributed by atoms with Gasteiger partial charge in [0.1, 0.15) is 5.82 Å². The number of halogens is 2. The molecule has 0 amide bonds. The molecule has 0 heterocycles. The minimum atomic E-state index is -0.382. The van der Waals surface area contributed by atoms with Gasteiger partial charge in [-0.3, -0.25) is 0 Å². The van der Waals surface area contributed by atoms with Crippen molar-refractivity contribution >= 4 is 34.6 Å². The van der Waals surface area contributed by atoms with Gasteiger partial charge < -0.3 is 10.6 Å². The van der Waals surface area contributed by atoms with E-state index in [0.29, 0.717) is 10.1 Å². The zero-order valence-electron chi connectivity index (χ0n) is 8.47. The van der Waals surface area contributed by atoms with E-state index in [1.807, 2.05) is 13.8 Å². The van der Waals surface area contributed by atoms with E-state index in [9.17, 15) is 4.39 Å². The van der Waals surface area contributed by atoms with Crippen LogP contribution < -0.4 is 10.6 Å². The van der Waals surface area contributed by atoms with Crippen molar-refractivity contribution in [1.82, 2.24) is 5.32 Å². The van der Waals surface area contributed by atoms with Gasteiger partial charge in [0, 0.05) is 11.1 Å². The molecule has 0 saturated heterocycles. The number of benzene rings is 1. The number of hydrogen-bond donors (Lipinski definition) is 2. The standard InChI is InChI=1S/C10H12ClFN2S/c1-6(2)13-10(15)14-9-5-7(11)3-4-8(9)12/h3-6H,1-2H3,(H2,13,14,15). The van der Waals surface area contributed by atoms with Crippen molar-refractivity contribution in [1.29, 1.82) is 0 Å². The molecule has 0 unspecified atom stereocenters. The van der Waals surface area contributed by atoms with Crippen LogP contribution in [0.2, 0.25) is 5.02 Å². The molecule has 82 valence electrons. The molecule has 0 saturated carbocycles. The third kappa shape index (κ3) is 4.01. The van der Waals surface area contributed by atoms with Crippen LogP contribution in [0.3, 0.4) is 0 Å². The van der Waals surface area contributed by atoms with Crippen LogP contribution in [0.25, 0.3) is 0 Å². The summed E-state index contributed by atoms with van der Waals surface area (Å²) in [7, 11) is 0. The molecule has 0 aliphatic heterocycles. The molecule has 0 aliphatic carbocycles. The van der Waals surface area contributed by atoms with Crippen LogP contribution >= 0.6 is 23.8 Å². The van der Waals surface area contributed by atoms with Gasteiger partial charge in [-0.2, -0.15) is 0 Å². The second-order valence-corrected chi connectivity index (χ2v) is 4.22. The zero-order chi connectivity index (χ0) is 11.4. The van der Waals surface area contributed by atoms with Gasteiger partial charge in [-0.15, -0.1) is 0 Å². The first-order valence-corrected chi connectivity index (χ1v) is 5.30. The van der Waals surface area contributed by atoms with Crippen molar-refractivity contribution in [3.63, 3.8) is 0 Å². The third-order valence-electron chi connectivity index (χ3n) is 1.60. The Labute approximate surface area is 98.8 Å². The van der Waals surface area contributed by atoms with Crippen molar-refractivity contribution in [3.05, 3.63) is 29.0 Å². The topological polar surface area (TPSA) is 24.1 Å². The summed E-state index contributed by atoms with van der Waals surface area (Å²) in [5, 5.41) is 6.54. The fourth-order valence-electron chi connectivity index (χ4n) is 1.01. The van der Waals surface area contributed by atoms with Gasteiger partial charge in [-0.05, 0) is 44.3 Å². The van der Waals surface area contributed by atoms with Crippen LogP contribution in [0, 0.1) is 5.82 Å². The lowest BCUT2D eigenvalue weighted by Crippen LogP contribution is -2.34. The lowest BCUT2D eigenvalue weighted by molar-refractivity contribution is 0.631. The van der Waals surface area contributed by atoms with Gasteiger partial charge in [0.15, 0.2) is 5.11 Å². The quantitative estimate of drug-likeness (QED) is 0.784. The average molecular weight is 247 g/mol. The SMILES string of the molecule is CC(C)NC(=S)Nc1cc(Cl)ccc1F. The molecule has 2 N–H and O–H groups in total. The Morgan fingerprint density at radius 3 is 2.73 bits per heavy atom.